The van der Waals surface area contributed by atoms with Crippen LogP contribution in [-0.2, 0) is 0 Å². The van der Waals surface area contributed by atoms with Crippen molar-refractivity contribution in [3.05, 3.63) is 127 Å². The molecule has 0 aliphatic carbocycles. The van der Waals surface area contributed by atoms with Gasteiger partial charge in [0.2, 0.25) is 0 Å². The average Bonchev–Trinajstić information content (AvgIpc) is 3.45. The Morgan fingerprint density at radius 2 is 1.09 bits per heavy atom. The van der Waals surface area contributed by atoms with Crippen LogP contribution >= 0.6 is 11.3 Å². The lowest BCUT2D eigenvalue weighted by Crippen LogP contribution is -1.94. The Balaban J connectivity index is 1.37. The zero-order valence-electron chi connectivity index (χ0n) is 19.0. The molecule has 0 saturated carbocycles. The van der Waals surface area contributed by atoms with Gasteiger partial charge in [-0.25, -0.2) is 0 Å². The molecule has 7 rings (SSSR count). The van der Waals surface area contributed by atoms with Crippen molar-refractivity contribution in [2.24, 2.45) is 0 Å². The van der Waals surface area contributed by atoms with Crippen LogP contribution in [0.3, 0.4) is 0 Å². The Morgan fingerprint density at radius 1 is 0.514 bits per heavy atom. The zero-order valence-corrected chi connectivity index (χ0v) is 19.8. The summed E-state index contributed by atoms with van der Waals surface area (Å²) in [4.78, 5) is 1.25. The molecule has 0 radical (unpaired) electrons. The maximum Gasteiger partial charge on any atom is 0.0653 e. The van der Waals surface area contributed by atoms with Crippen LogP contribution in [0.1, 0.15) is 0 Å². The molecule has 0 fully saturated rings. The fraction of sp³-hybridized carbons (Fsp3) is 0. The number of hydrogen-bond donors (Lipinski definition) is 1. The van der Waals surface area contributed by atoms with Crippen molar-refractivity contribution >= 4 is 54.6 Å². The average molecular weight is 467 g/mol. The van der Waals surface area contributed by atoms with Crippen molar-refractivity contribution in [1.29, 1.82) is 0 Å². The highest BCUT2D eigenvalue weighted by atomic mass is 32.1. The fourth-order valence-corrected chi connectivity index (χ4v) is 6.16. The van der Waals surface area contributed by atoms with E-state index in [0.29, 0.717) is 0 Å². The molecule has 0 bridgehead atoms. The van der Waals surface area contributed by atoms with Gasteiger partial charge in [-0.15, -0.1) is 11.3 Å². The van der Waals surface area contributed by atoms with Gasteiger partial charge in [-0.3, -0.25) is 0 Å². The number of thiophene rings is 1. The summed E-state index contributed by atoms with van der Waals surface area (Å²) in [6, 6.07) is 45.3. The molecule has 166 valence electrons. The third-order valence-electron chi connectivity index (χ3n) is 6.61. The third-order valence-corrected chi connectivity index (χ3v) is 7.83. The third kappa shape index (κ3) is 3.32. The number of fused-ring (bicyclic) bond motifs is 4. The normalized spacial score (nSPS) is 11.4. The first-order valence-corrected chi connectivity index (χ1v) is 12.6. The standard InChI is InChI=1S/C32H22N2S/c1-2-10-23(11-3-1)33-31-27-14-6-9-17-30(27)35-32(31)22-18-20-24(21-19-22)34-28-15-7-4-12-25(28)26-13-5-8-16-29(26)34/h1-21,33H. The van der Waals surface area contributed by atoms with E-state index < -0.39 is 0 Å². The van der Waals surface area contributed by atoms with Gasteiger partial charge in [0.15, 0.2) is 0 Å². The highest BCUT2D eigenvalue weighted by Crippen LogP contribution is 2.44. The van der Waals surface area contributed by atoms with Crippen LogP contribution in [0.5, 0.6) is 0 Å². The lowest BCUT2D eigenvalue weighted by molar-refractivity contribution is 1.18. The lowest BCUT2D eigenvalue weighted by atomic mass is 10.1. The number of aromatic nitrogens is 1. The minimum Gasteiger partial charge on any atom is -0.354 e. The summed E-state index contributed by atoms with van der Waals surface area (Å²) in [7, 11) is 0. The number of nitrogens with one attached hydrogen (secondary N) is 1. The monoisotopic (exact) mass is 466 g/mol. The topological polar surface area (TPSA) is 17.0 Å². The van der Waals surface area contributed by atoms with E-state index in [1.807, 2.05) is 17.4 Å². The van der Waals surface area contributed by atoms with Crippen molar-refractivity contribution in [2.75, 3.05) is 5.32 Å². The van der Waals surface area contributed by atoms with Crippen molar-refractivity contribution in [1.82, 2.24) is 4.57 Å². The number of para-hydroxylation sites is 3. The minimum atomic E-state index is 1.10. The van der Waals surface area contributed by atoms with Gasteiger partial charge in [0, 0.05) is 32.2 Å². The first-order chi connectivity index (χ1) is 17.4. The molecular formula is C32H22N2S. The van der Waals surface area contributed by atoms with Crippen molar-refractivity contribution < 1.29 is 0 Å². The van der Waals surface area contributed by atoms with Crippen LogP contribution in [0.25, 0.3) is 48.0 Å². The zero-order chi connectivity index (χ0) is 23.2. The lowest BCUT2D eigenvalue weighted by Gasteiger charge is -2.11. The number of nitrogens with zero attached hydrogens (tertiary/aromatic N) is 1. The number of rotatable bonds is 4. The summed E-state index contributed by atoms with van der Waals surface area (Å²) in [5.74, 6) is 0. The summed E-state index contributed by atoms with van der Waals surface area (Å²) in [5.41, 5.74) is 7.11. The predicted octanol–water partition coefficient (Wildman–Crippen LogP) is 9.41. The van der Waals surface area contributed by atoms with E-state index in [2.05, 4.69) is 131 Å². The quantitative estimate of drug-likeness (QED) is 0.273. The number of hydrogen-bond acceptors (Lipinski definition) is 2. The van der Waals surface area contributed by atoms with Gasteiger partial charge < -0.3 is 9.88 Å². The first kappa shape index (κ1) is 20.1. The van der Waals surface area contributed by atoms with Gasteiger partial charge in [0.25, 0.3) is 0 Å². The van der Waals surface area contributed by atoms with Crippen molar-refractivity contribution in [3.63, 3.8) is 0 Å². The van der Waals surface area contributed by atoms with Crippen LogP contribution in [0.15, 0.2) is 127 Å². The SMILES string of the molecule is c1ccc(Nc2c(-c3ccc(-n4c5ccccc5c5ccccc54)cc3)sc3ccccc23)cc1. The maximum absolute atomic E-state index is 3.69. The molecule has 2 heterocycles. The molecule has 0 amide bonds. The Bertz CT molecular complexity index is 1750. The molecule has 35 heavy (non-hydrogen) atoms. The second-order valence-electron chi connectivity index (χ2n) is 8.71. The van der Waals surface area contributed by atoms with E-state index in [1.54, 1.807) is 0 Å². The summed E-state index contributed by atoms with van der Waals surface area (Å²) >= 11 is 1.84. The second-order valence-corrected chi connectivity index (χ2v) is 9.76. The highest BCUT2D eigenvalue weighted by Gasteiger charge is 2.15. The Morgan fingerprint density at radius 3 is 1.77 bits per heavy atom. The highest BCUT2D eigenvalue weighted by molar-refractivity contribution is 7.23. The first-order valence-electron chi connectivity index (χ1n) is 11.8. The van der Waals surface area contributed by atoms with E-state index in [-0.39, 0.29) is 0 Å². The molecular weight excluding hydrogens is 444 g/mol. The van der Waals surface area contributed by atoms with Crippen LogP contribution in [0, 0.1) is 0 Å². The molecule has 7 aromatic rings. The van der Waals surface area contributed by atoms with Gasteiger partial charge in [-0.05, 0) is 48.0 Å². The van der Waals surface area contributed by atoms with Gasteiger partial charge >= 0.3 is 0 Å². The smallest absolute Gasteiger partial charge is 0.0653 e. The number of benzene rings is 5. The largest absolute Gasteiger partial charge is 0.354 e. The van der Waals surface area contributed by atoms with E-state index in [0.717, 1.165) is 5.69 Å². The summed E-state index contributed by atoms with van der Waals surface area (Å²) in [6.45, 7) is 0. The van der Waals surface area contributed by atoms with E-state index in [9.17, 15) is 0 Å². The molecule has 0 saturated heterocycles. The van der Waals surface area contributed by atoms with Crippen LogP contribution < -0.4 is 5.32 Å². The van der Waals surface area contributed by atoms with Crippen LogP contribution in [-0.4, -0.2) is 4.57 Å². The van der Waals surface area contributed by atoms with Crippen molar-refractivity contribution in [3.8, 4) is 16.1 Å². The predicted molar refractivity (Wildman–Crippen MR) is 151 cm³/mol. The molecule has 1 N–H and O–H groups in total. The summed E-state index contributed by atoms with van der Waals surface area (Å²) < 4.78 is 3.65. The maximum atomic E-state index is 3.69. The van der Waals surface area contributed by atoms with Gasteiger partial charge in [0.05, 0.1) is 21.6 Å². The molecule has 5 aromatic carbocycles. The Hall–Kier alpha value is -4.34. The molecule has 0 aliphatic rings. The molecule has 3 heteroatoms. The molecule has 0 aliphatic heterocycles. The van der Waals surface area contributed by atoms with Gasteiger partial charge in [-0.2, -0.15) is 0 Å². The second kappa shape index (κ2) is 8.15. The fourth-order valence-electron chi connectivity index (χ4n) is 5.00. The molecule has 2 nitrogen and oxygen atoms in total. The molecule has 0 atom stereocenters. The van der Waals surface area contributed by atoms with Gasteiger partial charge in [0.1, 0.15) is 0 Å². The van der Waals surface area contributed by atoms with Crippen LogP contribution in [0.2, 0.25) is 0 Å². The Kier molecular flexibility index (Phi) is 4.68. The van der Waals surface area contributed by atoms with Crippen LogP contribution in [0.4, 0.5) is 11.4 Å². The summed E-state index contributed by atoms with van der Waals surface area (Å²) in [5, 5.41) is 7.51. The molecule has 2 aromatic heterocycles. The van der Waals surface area contributed by atoms with E-state index >= 15 is 0 Å². The summed E-state index contributed by atoms with van der Waals surface area (Å²) in [6.07, 6.45) is 0. The Labute approximate surface area is 207 Å². The van der Waals surface area contributed by atoms with E-state index in [1.165, 1.54) is 53.7 Å². The number of anilines is 2. The minimum absolute atomic E-state index is 1.10. The molecule has 0 unspecified atom stereocenters. The van der Waals surface area contributed by atoms with Gasteiger partial charge in [-0.1, -0.05) is 84.9 Å². The van der Waals surface area contributed by atoms with Crippen molar-refractivity contribution in [2.45, 2.75) is 0 Å². The van der Waals surface area contributed by atoms with E-state index in [4.69, 9.17) is 0 Å². The molecule has 0 spiro atoms.